The Kier molecular flexibility index (Phi) is 4.46. The van der Waals surface area contributed by atoms with Crippen LogP contribution in [0, 0.1) is 0 Å². The van der Waals surface area contributed by atoms with Crippen molar-refractivity contribution in [1.82, 2.24) is 19.4 Å². The van der Waals surface area contributed by atoms with Crippen LogP contribution in [0.15, 0.2) is 54.7 Å². The molecule has 1 N–H and O–H groups in total. The van der Waals surface area contributed by atoms with E-state index in [4.69, 9.17) is 9.72 Å². The molecule has 1 atom stereocenters. The third kappa shape index (κ3) is 3.24. The first kappa shape index (κ1) is 17.8. The molecule has 1 amide bonds. The van der Waals surface area contributed by atoms with E-state index in [1.807, 2.05) is 53.6 Å². The van der Waals surface area contributed by atoms with Gasteiger partial charge < -0.3 is 19.2 Å². The zero-order valence-electron chi connectivity index (χ0n) is 16.5. The van der Waals surface area contributed by atoms with Crippen molar-refractivity contribution in [3.05, 3.63) is 60.6 Å². The van der Waals surface area contributed by atoms with E-state index in [1.54, 1.807) is 7.11 Å². The summed E-state index contributed by atoms with van der Waals surface area (Å²) in [5, 5.41) is 1.12. The van der Waals surface area contributed by atoms with E-state index in [0.29, 0.717) is 13.0 Å². The van der Waals surface area contributed by atoms with Crippen molar-refractivity contribution in [3.63, 3.8) is 0 Å². The number of hydrogen-bond acceptors (Lipinski definition) is 3. The second kappa shape index (κ2) is 7.28. The molecule has 1 aliphatic heterocycles. The van der Waals surface area contributed by atoms with E-state index >= 15 is 0 Å². The van der Waals surface area contributed by atoms with E-state index in [9.17, 15) is 4.79 Å². The number of H-pyrrole nitrogens is 1. The molecule has 3 heterocycles. The summed E-state index contributed by atoms with van der Waals surface area (Å²) in [5.74, 6) is 1.93. The number of nitrogens with one attached hydrogen (secondary N) is 1. The topological polar surface area (TPSA) is 63.1 Å². The first-order valence-electron chi connectivity index (χ1n) is 10.1. The molecule has 6 heteroatoms. The van der Waals surface area contributed by atoms with Crippen LogP contribution in [0.4, 0.5) is 0 Å². The van der Waals surface area contributed by atoms with Crippen molar-refractivity contribution in [2.75, 3.05) is 13.7 Å². The van der Waals surface area contributed by atoms with Crippen LogP contribution in [0.3, 0.4) is 0 Å². The highest BCUT2D eigenvalue weighted by Gasteiger charge is 2.31. The van der Waals surface area contributed by atoms with E-state index in [-0.39, 0.29) is 11.9 Å². The van der Waals surface area contributed by atoms with Crippen LogP contribution in [0.5, 0.6) is 5.75 Å². The lowest BCUT2D eigenvalue weighted by Gasteiger charge is -2.23. The Morgan fingerprint density at radius 1 is 1.24 bits per heavy atom. The van der Waals surface area contributed by atoms with Crippen LogP contribution in [0.25, 0.3) is 21.9 Å². The van der Waals surface area contributed by atoms with Crippen molar-refractivity contribution < 1.29 is 9.53 Å². The molecular weight excluding hydrogens is 364 g/mol. The average Bonchev–Trinajstić information content (AvgIpc) is 3.48. The summed E-state index contributed by atoms with van der Waals surface area (Å²) in [6.07, 6.45) is 4.49. The highest BCUT2D eigenvalue weighted by atomic mass is 16.5. The SMILES string of the molecule is COc1ccc2c(ccn2CCC(=O)N2CCC[C@@H]2c2nc3ccccc3[nH]2)c1. The molecule has 0 spiro atoms. The van der Waals surface area contributed by atoms with Gasteiger partial charge in [-0.25, -0.2) is 4.98 Å². The standard InChI is InChI=1S/C23H24N4O2/c1-29-17-8-9-20-16(15-17)10-13-26(20)14-11-22(28)27-12-4-7-21(27)23-24-18-5-2-3-6-19(18)25-23/h2-3,5-6,8-10,13,15,21H,4,7,11-12,14H2,1H3,(H,24,25)/t21-/m1/s1. The van der Waals surface area contributed by atoms with Crippen molar-refractivity contribution in [2.45, 2.75) is 31.8 Å². The Balaban J connectivity index is 1.31. The summed E-state index contributed by atoms with van der Waals surface area (Å²) in [6.45, 7) is 1.46. The molecule has 29 heavy (non-hydrogen) atoms. The van der Waals surface area contributed by atoms with Gasteiger partial charge in [-0.1, -0.05) is 12.1 Å². The quantitative estimate of drug-likeness (QED) is 0.555. The molecule has 2 aromatic heterocycles. The lowest BCUT2D eigenvalue weighted by molar-refractivity contribution is -0.132. The van der Waals surface area contributed by atoms with Gasteiger partial charge in [-0.2, -0.15) is 0 Å². The number of methoxy groups -OCH3 is 1. The highest BCUT2D eigenvalue weighted by molar-refractivity contribution is 5.82. The molecule has 0 bridgehead atoms. The van der Waals surface area contributed by atoms with Gasteiger partial charge in [0.25, 0.3) is 0 Å². The number of benzene rings is 2. The van der Waals surface area contributed by atoms with Gasteiger partial charge in [0.2, 0.25) is 5.91 Å². The van der Waals surface area contributed by atoms with Crippen molar-refractivity contribution >= 4 is 27.8 Å². The second-order valence-corrected chi connectivity index (χ2v) is 7.57. The third-order valence-corrected chi connectivity index (χ3v) is 5.84. The minimum absolute atomic E-state index is 0.0422. The predicted molar refractivity (Wildman–Crippen MR) is 113 cm³/mol. The lowest BCUT2D eigenvalue weighted by Crippen LogP contribution is -2.31. The molecule has 4 aromatic rings. The van der Waals surface area contributed by atoms with E-state index in [2.05, 4.69) is 15.6 Å². The lowest BCUT2D eigenvalue weighted by atomic mass is 10.2. The summed E-state index contributed by atoms with van der Waals surface area (Å²) < 4.78 is 7.43. The predicted octanol–water partition coefficient (Wildman–Crippen LogP) is 4.28. The molecule has 1 saturated heterocycles. The number of para-hydroxylation sites is 2. The number of ether oxygens (including phenoxy) is 1. The zero-order valence-corrected chi connectivity index (χ0v) is 16.5. The van der Waals surface area contributed by atoms with Crippen LogP contribution in [-0.2, 0) is 11.3 Å². The van der Waals surface area contributed by atoms with Gasteiger partial charge in [-0.3, -0.25) is 4.79 Å². The Morgan fingerprint density at radius 3 is 3.00 bits per heavy atom. The van der Waals surface area contributed by atoms with Crippen LogP contribution < -0.4 is 4.74 Å². The maximum absolute atomic E-state index is 13.0. The molecule has 5 rings (SSSR count). The highest BCUT2D eigenvalue weighted by Crippen LogP contribution is 2.32. The fourth-order valence-electron chi connectivity index (χ4n) is 4.34. The summed E-state index contributed by atoms with van der Waals surface area (Å²) in [6, 6.07) is 16.1. The second-order valence-electron chi connectivity index (χ2n) is 7.57. The molecule has 148 valence electrons. The summed E-state index contributed by atoms with van der Waals surface area (Å²) >= 11 is 0. The van der Waals surface area contributed by atoms with Crippen LogP contribution in [0.1, 0.15) is 31.1 Å². The number of aromatic amines is 1. The van der Waals surface area contributed by atoms with Crippen molar-refractivity contribution in [2.24, 2.45) is 0 Å². The fraction of sp³-hybridized carbons (Fsp3) is 0.304. The maximum atomic E-state index is 13.0. The number of aromatic nitrogens is 3. The normalized spacial score (nSPS) is 16.7. The van der Waals surface area contributed by atoms with Gasteiger partial charge >= 0.3 is 0 Å². The summed E-state index contributed by atoms with van der Waals surface area (Å²) in [5.41, 5.74) is 3.10. The van der Waals surface area contributed by atoms with Crippen LogP contribution >= 0.6 is 0 Å². The van der Waals surface area contributed by atoms with Gasteiger partial charge in [0.1, 0.15) is 11.6 Å². The number of hydrogen-bond donors (Lipinski definition) is 1. The molecule has 2 aromatic carbocycles. The number of carbonyl (C=O) groups is 1. The smallest absolute Gasteiger partial charge is 0.224 e. The Hall–Kier alpha value is -3.28. The monoisotopic (exact) mass is 388 g/mol. The Bertz CT molecular complexity index is 1140. The van der Waals surface area contributed by atoms with Crippen LogP contribution in [-0.4, -0.2) is 39.0 Å². The van der Waals surface area contributed by atoms with Crippen LogP contribution in [0.2, 0.25) is 0 Å². The number of amides is 1. The Labute approximate surface area is 169 Å². The van der Waals surface area contributed by atoms with Gasteiger partial charge in [-0.05, 0) is 49.2 Å². The molecule has 0 radical (unpaired) electrons. The number of fused-ring (bicyclic) bond motifs is 2. The molecule has 0 saturated carbocycles. The minimum Gasteiger partial charge on any atom is -0.497 e. The van der Waals surface area contributed by atoms with Crippen molar-refractivity contribution in [3.8, 4) is 5.75 Å². The molecular formula is C23H24N4O2. The molecule has 0 unspecified atom stereocenters. The average molecular weight is 388 g/mol. The first-order valence-corrected chi connectivity index (χ1v) is 10.1. The summed E-state index contributed by atoms with van der Waals surface area (Å²) in [4.78, 5) is 23.2. The van der Waals surface area contributed by atoms with E-state index < -0.39 is 0 Å². The van der Waals surface area contributed by atoms with E-state index in [0.717, 1.165) is 52.9 Å². The number of nitrogens with zero attached hydrogens (tertiary/aromatic N) is 3. The molecule has 1 aliphatic rings. The zero-order chi connectivity index (χ0) is 19.8. The molecule has 0 aliphatic carbocycles. The number of carbonyl (C=O) groups excluding carboxylic acids is 1. The summed E-state index contributed by atoms with van der Waals surface area (Å²) in [7, 11) is 1.67. The van der Waals surface area contributed by atoms with Gasteiger partial charge in [0.15, 0.2) is 0 Å². The third-order valence-electron chi connectivity index (χ3n) is 5.84. The first-order chi connectivity index (χ1) is 14.2. The van der Waals surface area contributed by atoms with Gasteiger partial charge in [0.05, 0.1) is 24.2 Å². The number of rotatable bonds is 5. The number of imidazole rings is 1. The number of aryl methyl sites for hydroxylation is 1. The Morgan fingerprint density at radius 2 is 2.14 bits per heavy atom. The molecule has 6 nitrogen and oxygen atoms in total. The minimum atomic E-state index is 0.0422. The van der Waals surface area contributed by atoms with Crippen molar-refractivity contribution in [1.29, 1.82) is 0 Å². The largest absolute Gasteiger partial charge is 0.497 e. The number of likely N-dealkylation sites (tertiary alicyclic amines) is 1. The maximum Gasteiger partial charge on any atom is 0.224 e. The van der Waals surface area contributed by atoms with E-state index in [1.165, 1.54) is 0 Å². The molecule has 1 fully saturated rings. The fourth-order valence-corrected chi connectivity index (χ4v) is 4.34. The van der Waals surface area contributed by atoms with Gasteiger partial charge in [-0.15, -0.1) is 0 Å². The van der Waals surface area contributed by atoms with Gasteiger partial charge in [0, 0.05) is 36.6 Å².